The van der Waals surface area contributed by atoms with Crippen molar-refractivity contribution in [1.82, 2.24) is 15.5 Å². The molecule has 1 fully saturated rings. The third-order valence-corrected chi connectivity index (χ3v) is 4.49. The van der Waals surface area contributed by atoms with Gasteiger partial charge < -0.3 is 26.0 Å². The number of morpholine rings is 1. The number of carbonyl (C=O) groups is 4. The van der Waals surface area contributed by atoms with E-state index in [0.29, 0.717) is 0 Å². The van der Waals surface area contributed by atoms with Crippen LogP contribution < -0.4 is 16.4 Å². The lowest BCUT2D eigenvalue weighted by Gasteiger charge is -2.35. The Labute approximate surface area is 186 Å². The number of benzene rings is 1. The molecule has 1 aromatic rings. The number of allylic oxidation sites excluding steroid dienone is 1. The minimum absolute atomic E-state index is 0.0254. The van der Waals surface area contributed by atoms with Gasteiger partial charge in [-0.05, 0) is 19.1 Å². The summed E-state index contributed by atoms with van der Waals surface area (Å²) in [6, 6.07) is 4.33. The van der Waals surface area contributed by atoms with Gasteiger partial charge in [-0.15, -0.1) is 0 Å². The SMILES string of the molecule is CC(N)=CC(=O)C(=O)N1CCOCC1CNC(=O)c1ccc(C(=N)NC(=O)C(F)(F)F)cc1. The number of hydrogen-bond donors (Lipinski definition) is 4. The Balaban J connectivity index is 1.98. The first kappa shape index (κ1) is 25.5. The number of nitrogens with one attached hydrogen (secondary N) is 3. The third-order valence-electron chi connectivity index (χ3n) is 4.49. The first-order chi connectivity index (χ1) is 15.4. The predicted octanol–water partition coefficient (Wildman–Crippen LogP) is 0.0793. The highest BCUT2D eigenvalue weighted by atomic mass is 19.4. The fourth-order valence-electron chi connectivity index (χ4n) is 2.86. The number of nitrogens with zero attached hydrogens (tertiary/aromatic N) is 1. The van der Waals surface area contributed by atoms with Crippen LogP contribution in [0.5, 0.6) is 0 Å². The maximum absolute atomic E-state index is 12.4. The maximum Gasteiger partial charge on any atom is 0.471 e. The molecule has 0 aromatic heterocycles. The van der Waals surface area contributed by atoms with Gasteiger partial charge in [-0.2, -0.15) is 13.2 Å². The summed E-state index contributed by atoms with van der Waals surface area (Å²) < 4.78 is 42.2. The Morgan fingerprint density at radius 1 is 1.21 bits per heavy atom. The predicted molar refractivity (Wildman–Crippen MR) is 109 cm³/mol. The molecule has 178 valence electrons. The van der Waals surface area contributed by atoms with Gasteiger partial charge in [0, 0.05) is 36.0 Å². The highest BCUT2D eigenvalue weighted by Crippen LogP contribution is 2.15. The van der Waals surface area contributed by atoms with Gasteiger partial charge in [0.05, 0.1) is 19.3 Å². The van der Waals surface area contributed by atoms with Crippen LogP contribution in [0.4, 0.5) is 13.2 Å². The Hall–Kier alpha value is -3.74. The van der Waals surface area contributed by atoms with E-state index in [0.717, 1.165) is 6.08 Å². The Kier molecular flexibility index (Phi) is 8.29. The largest absolute Gasteiger partial charge is 0.471 e. The Morgan fingerprint density at radius 3 is 2.39 bits per heavy atom. The van der Waals surface area contributed by atoms with Crippen LogP contribution in [0.15, 0.2) is 36.0 Å². The molecule has 1 aliphatic rings. The number of carbonyl (C=O) groups excluding carboxylic acids is 4. The second kappa shape index (κ2) is 10.7. The quantitative estimate of drug-likeness (QED) is 0.200. The highest BCUT2D eigenvalue weighted by Gasteiger charge is 2.39. The van der Waals surface area contributed by atoms with E-state index in [1.54, 1.807) is 0 Å². The van der Waals surface area contributed by atoms with E-state index >= 15 is 0 Å². The standard InChI is InChI=1S/C20H22F3N5O5/c1-11(24)8-15(29)18(31)28-6-7-33-10-14(28)9-26-17(30)13-4-2-12(3-5-13)16(25)27-19(32)20(21,22)23/h2-5,8,14H,6-7,9-10,24H2,1H3,(H,26,30)(H2,25,27,32). The van der Waals surface area contributed by atoms with E-state index in [2.05, 4.69) is 5.32 Å². The Bertz CT molecular complexity index is 971. The first-order valence-corrected chi connectivity index (χ1v) is 9.62. The van der Waals surface area contributed by atoms with E-state index in [4.69, 9.17) is 15.9 Å². The van der Waals surface area contributed by atoms with Crippen LogP contribution in [-0.4, -0.2) is 72.8 Å². The van der Waals surface area contributed by atoms with E-state index in [9.17, 15) is 32.3 Å². The molecule has 0 spiro atoms. The number of rotatable bonds is 6. The molecule has 13 heteroatoms. The van der Waals surface area contributed by atoms with Crippen LogP contribution in [0.3, 0.4) is 0 Å². The fourth-order valence-corrected chi connectivity index (χ4v) is 2.86. The van der Waals surface area contributed by atoms with Crippen LogP contribution in [0, 0.1) is 5.41 Å². The van der Waals surface area contributed by atoms with Gasteiger partial charge in [-0.3, -0.25) is 24.6 Å². The van der Waals surface area contributed by atoms with Crippen LogP contribution in [0.25, 0.3) is 0 Å². The molecule has 0 radical (unpaired) electrons. The van der Waals surface area contributed by atoms with E-state index in [1.165, 1.54) is 41.4 Å². The van der Waals surface area contributed by atoms with Gasteiger partial charge in [-0.25, -0.2) is 0 Å². The molecule has 1 heterocycles. The van der Waals surface area contributed by atoms with Crippen molar-refractivity contribution >= 4 is 29.3 Å². The molecule has 3 amide bonds. The topological polar surface area (TPSA) is 155 Å². The lowest BCUT2D eigenvalue weighted by molar-refractivity contribution is -0.171. The van der Waals surface area contributed by atoms with Crippen molar-refractivity contribution in [2.75, 3.05) is 26.3 Å². The average molecular weight is 469 g/mol. The molecule has 1 atom stereocenters. The first-order valence-electron chi connectivity index (χ1n) is 9.62. The van der Waals surface area contributed by atoms with Crippen molar-refractivity contribution in [2.45, 2.75) is 19.1 Å². The van der Waals surface area contributed by atoms with E-state index < -0.39 is 41.6 Å². The van der Waals surface area contributed by atoms with E-state index in [1.807, 2.05) is 0 Å². The van der Waals surface area contributed by atoms with Crippen molar-refractivity contribution in [3.8, 4) is 0 Å². The number of ether oxygens (including phenoxy) is 1. The summed E-state index contributed by atoms with van der Waals surface area (Å²) in [6.45, 7) is 1.93. The summed E-state index contributed by atoms with van der Waals surface area (Å²) in [6.07, 6.45) is -4.11. The smallest absolute Gasteiger partial charge is 0.402 e. The minimum Gasteiger partial charge on any atom is -0.402 e. The zero-order chi connectivity index (χ0) is 24.8. The molecule has 0 aliphatic carbocycles. The van der Waals surface area contributed by atoms with Crippen LogP contribution in [-0.2, 0) is 19.1 Å². The number of ketones is 1. The molecule has 1 saturated heterocycles. The average Bonchev–Trinajstić information content (AvgIpc) is 2.76. The lowest BCUT2D eigenvalue weighted by atomic mass is 10.1. The molecule has 0 bridgehead atoms. The van der Waals surface area contributed by atoms with E-state index in [-0.39, 0.29) is 43.1 Å². The van der Waals surface area contributed by atoms with Crippen molar-refractivity contribution in [3.05, 3.63) is 47.2 Å². The molecule has 0 saturated carbocycles. The third kappa shape index (κ3) is 7.14. The number of halogens is 3. The molecule has 1 unspecified atom stereocenters. The highest BCUT2D eigenvalue weighted by molar-refractivity contribution is 6.40. The van der Waals surface area contributed by atoms with Gasteiger partial charge in [0.2, 0.25) is 5.78 Å². The number of amides is 3. The van der Waals surface area contributed by atoms with Gasteiger partial charge in [0.15, 0.2) is 0 Å². The van der Waals surface area contributed by atoms with Crippen LogP contribution >= 0.6 is 0 Å². The summed E-state index contributed by atoms with van der Waals surface area (Å²) in [5.74, 6) is -5.17. The second-order valence-electron chi connectivity index (χ2n) is 7.09. The van der Waals surface area contributed by atoms with Gasteiger partial charge in [0.1, 0.15) is 5.84 Å². The molecule has 1 aromatic carbocycles. The number of amidine groups is 1. The molecule has 1 aliphatic heterocycles. The van der Waals surface area contributed by atoms with Crippen LogP contribution in [0.2, 0.25) is 0 Å². The molecular formula is C20H22F3N5O5. The van der Waals surface area contributed by atoms with Crippen molar-refractivity contribution in [3.63, 3.8) is 0 Å². The number of nitrogens with two attached hydrogens (primary N) is 1. The second-order valence-corrected chi connectivity index (χ2v) is 7.09. The zero-order valence-electron chi connectivity index (χ0n) is 17.5. The summed E-state index contributed by atoms with van der Waals surface area (Å²) >= 11 is 0. The van der Waals surface area contributed by atoms with Gasteiger partial charge in [-0.1, -0.05) is 12.1 Å². The number of alkyl halides is 3. The Morgan fingerprint density at radius 2 is 1.82 bits per heavy atom. The number of hydrogen-bond acceptors (Lipinski definition) is 7. The summed E-state index contributed by atoms with van der Waals surface area (Å²) in [5.41, 5.74) is 5.70. The molecule has 33 heavy (non-hydrogen) atoms. The van der Waals surface area contributed by atoms with Crippen molar-refractivity contribution < 1.29 is 37.1 Å². The van der Waals surface area contributed by atoms with Crippen molar-refractivity contribution in [2.24, 2.45) is 5.73 Å². The van der Waals surface area contributed by atoms with Gasteiger partial charge in [0.25, 0.3) is 11.8 Å². The van der Waals surface area contributed by atoms with Crippen LogP contribution in [0.1, 0.15) is 22.8 Å². The zero-order valence-corrected chi connectivity index (χ0v) is 17.5. The summed E-state index contributed by atoms with van der Waals surface area (Å²) in [5, 5.41) is 11.6. The maximum atomic E-state index is 12.4. The molecule has 5 N–H and O–H groups in total. The fraction of sp³-hybridized carbons (Fsp3) is 0.350. The normalized spacial score (nSPS) is 16.7. The molecule has 10 nitrogen and oxygen atoms in total. The summed E-state index contributed by atoms with van der Waals surface area (Å²) in [7, 11) is 0. The molecular weight excluding hydrogens is 447 g/mol. The monoisotopic (exact) mass is 469 g/mol. The lowest BCUT2D eigenvalue weighted by Crippen LogP contribution is -2.55. The van der Waals surface area contributed by atoms with Crippen molar-refractivity contribution in [1.29, 1.82) is 5.41 Å². The minimum atomic E-state index is -5.13. The van der Waals surface area contributed by atoms with Gasteiger partial charge >= 0.3 is 12.1 Å². The summed E-state index contributed by atoms with van der Waals surface area (Å²) in [4.78, 5) is 49.0. The molecule has 2 rings (SSSR count).